The number of anilines is 1. The number of H-pyrrole nitrogens is 1. The molecule has 0 unspecified atom stereocenters. The Hall–Kier alpha value is -2.23. The lowest BCUT2D eigenvalue weighted by Gasteiger charge is -1.99. The third-order valence-corrected chi connectivity index (χ3v) is 3.66. The molecular formula is C15H18N4. The number of aryl methyl sites for hydroxylation is 3. The van der Waals surface area contributed by atoms with Crippen molar-refractivity contribution >= 4 is 16.7 Å². The summed E-state index contributed by atoms with van der Waals surface area (Å²) in [7, 11) is 1.86. The fourth-order valence-electron chi connectivity index (χ4n) is 2.64. The van der Waals surface area contributed by atoms with Gasteiger partial charge in [0, 0.05) is 35.3 Å². The molecule has 2 aromatic heterocycles. The van der Waals surface area contributed by atoms with Crippen molar-refractivity contribution in [2.24, 2.45) is 7.05 Å². The molecule has 19 heavy (non-hydrogen) atoms. The van der Waals surface area contributed by atoms with Gasteiger partial charge in [0.15, 0.2) is 0 Å². The van der Waals surface area contributed by atoms with Crippen LogP contribution < -0.4 is 5.73 Å². The maximum Gasteiger partial charge on any atom is 0.121 e. The molecule has 3 rings (SSSR count). The molecule has 3 aromatic rings. The molecule has 0 saturated heterocycles. The van der Waals surface area contributed by atoms with Gasteiger partial charge in [-0.05, 0) is 18.9 Å². The zero-order valence-electron chi connectivity index (χ0n) is 11.5. The number of hydrogen-bond donors (Lipinski definition) is 2. The molecule has 1 aromatic carbocycles. The summed E-state index contributed by atoms with van der Waals surface area (Å²) in [5, 5.41) is 5.71. The Morgan fingerprint density at radius 1 is 1.37 bits per heavy atom. The molecule has 3 N–H and O–H groups in total. The van der Waals surface area contributed by atoms with E-state index in [-0.39, 0.29) is 0 Å². The van der Waals surface area contributed by atoms with E-state index in [0.29, 0.717) is 5.82 Å². The van der Waals surface area contributed by atoms with Crippen molar-refractivity contribution in [3.05, 3.63) is 35.5 Å². The first-order chi connectivity index (χ1) is 9.11. The van der Waals surface area contributed by atoms with Crippen LogP contribution in [-0.4, -0.2) is 14.8 Å². The second kappa shape index (κ2) is 4.16. The van der Waals surface area contributed by atoms with Crippen LogP contribution in [0.5, 0.6) is 0 Å². The number of para-hydroxylation sites is 1. The molecule has 4 heteroatoms. The number of benzene rings is 1. The minimum atomic E-state index is 0.676. The van der Waals surface area contributed by atoms with Crippen LogP contribution in [0.1, 0.15) is 18.2 Å². The van der Waals surface area contributed by atoms with Crippen LogP contribution in [-0.2, 0) is 13.5 Å². The molecule has 0 aliphatic carbocycles. The predicted molar refractivity (Wildman–Crippen MR) is 79.0 cm³/mol. The Balaban J connectivity index is 2.32. The maximum absolute atomic E-state index is 5.89. The highest BCUT2D eigenvalue weighted by Gasteiger charge is 2.15. The van der Waals surface area contributed by atoms with Gasteiger partial charge in [-0.15, -0.1) is 0 Å². The van der Waals surface area contributed by atoms with Crippen LogP contribution in [0.15, 0.2) is 24.3 Å². The molecule has 0 fully saturated rings. The Morgan fingerprint density at radius 3 is 2.79 bits per heavy atom. The Bertz CT molecular complexity index is 729. The highest BCUT2D eigenvalue weighted by molar-refractivity contribution is 5.98. The number of nitrogens with two attached hydrogens (primary N) is 1. The number of fused-ring (bicyclic) bond motifs is 1. The van der Waals surface area contributed by atoms with Crippen molar-refractivity contribution in [2.45, 2.75) is 20.3 Å². The van der Waals surface area contributed by atoms with E-state index < -0.39 is 0 Å². The quantitative estimate of drug-likeness (QED) is 0.738. The van der Waals surface area contributed by atoms with Gasteiger partial charge in [-0.1, -0.05) is 25.1 Å². The first kappa shape index (κ1) is 11.8. The van der Waals surface area contributed by atoms with E-state index in [4.69, 9.17) is 5.73 Å². The molecule has 0 radical (unpaired) electrons. The molecule has 0 aliphatic rings. The fraction of sp³-hybridized carbons (Fsp3) is 0.267. The van der Waals surface area contributed by atoms with Crippen LogP contribution in [0.4, 0.5) is 5.82 Å². The van der Waals surface area contributed by atoms with E-state index in [1.54, 1.807) is 4.68 Å². The van der Waals surface area contributed by atoms with E-state index in [1.807, 2.05) is 13.1 Å². The van der Waals surface area contributed by atoms with Crippen LogP contribution in [0.2, 0.25) is 0 Å². The average molecular weight is 254 g/mol. The zero-order chi connectivity index (χ0) is 13.6. The molecule has 0 spiro atoms. The van der Waals surface area contributed by atoms with Gasteiger partial charge >= 0.3 is 0 Å². The summed E-state index contributed by atoms with van der Waals surface area (Å²) < 4.78 is 1.71. The smallest absolute Gasteiger partial charge is 0.121 e. The molecule has 4 nitrogen and oxygen atoms in total. The standard InChI is InChI=1S/C15H18N4/c1-4-10-6-5-7-11-14(9(2)17-15(10)11)12-8-13(16)19(3)18-12/h5-8,17H,4,16H2,1-3H3. The molecule has 0 aliphatic heterocycles. The Labute approximate surface area is 112 Å². The Kier molecular flexibility index (Phi) is 2.59. The molecule has 98 valence electrons. The number of aromatic nitrogens is 3. The van der Waals surface area contributed by atoms with Gasteiger partial charge in [0.2, 0.25) is 0 Å². The van der Waals surface area contributed by atoms with Crippen molar-refractivity contribution in [1.82, 2.24) is 14.8 Å². The molecule has 0 saturated carbocycles. The normalized spacial score (nSPS) is 11.3. The summed E-state index contributed by atoms with van der Waals surface area (Å²) >= 11 is 0. The summed E-state index contributed by atoms with van der Waals surface area (Å²) in [4.78, 5) is 3.48. The summed E-state index contributed by atoms with van der Waals surface area (Å²) in [6, 6.07) is 8.32. The molecular weight excluding hydrogens is 236 g/mol. The molecule has 2 heterocycles. The summed E-state index contributed by atoms with van der Waals surface area (Å²) in [5.74, 6) is 0.676. The third-order valence-electron chi connectivity index (χ3n) is 3.66. The highest BCUT2D eigenvalue weighted by atomic mass is 15.3. The first-order valence-corrected chi connectivity index (χ1v) is 6.52. The van der Waals surface area contributed by atoms with E-state index in [9.17, 15) is 0 Å². The monoisotopic (exact) mass is 254 g/mol. The lowest BCUT2D eigenvalue weighted by Crippen LogP contribution is -1.96. The van der Waals surface area contributed by atoms with E-state index in [2.05, 4.69) is 42.1 Å². The SMILES string of the molecule is CCc1cccc2c(-c3cc(N)n(C)n3)c(C)[nH]c12. The van der Waals surface area contributed by atoms with Crippen LogP contribution in [0.3, 0.4) is 0 Å². The molecule has 0 amide bonds. The lowest BCUT2D eigenvalue weighted by atomic mass is 10.0. The van der Waals surface area contributed by atoms with Crippen LogP contribution in [0.25, 0.3) is 22.2 Å². The first-order valence-electron chi connectivity index (χ1n) is 6.52. The van der Waals surface area contributed by atoms with Gasteiger partial charge < -0.3 is 10.7 Å². The van der Waals surface area contributed by atoms with Gasteiger partial charge in [0.1, 0.15) is 5.82 Å². The average Bonchev–Trinajstić information content (AvgIpc) is 2.88. The maximum atomic E-state index is 5.89. The predicted octanol–water partition coefficient (Wildman–Crippen LogP) is 3.02. The van der Waals surface area contributed by atoms with Crippen molar-refractivity contribution in [1.29, 1.82) is 0 Å². The summed E-state index contributed by atoms with van der Waals surface area (Å²) in [5.41, 5.74) is 11.6. The number of nitrogens with one attached hydrogen (secondary N) is 1. The second-order valence-corrected chi connectivity index (χ2v) is 4.90. The zero-order valence-corrected chi connectivity index (χ0v) is 11.5. The second-order valence-electron chi connectivity index (χ2n) is 4.90. The fourth-order valence-corrected chi connectivity index (χ4v) is 2.64. The number of aromatic amines is 1. The lowest BCUT2D eigenvalue weighted by molar-refractivity contribution is 0.782. The highest BCUT2D eigenvalue weighted by Crippen LogP contribution is 2.33. The number of nitrogen functional groups attached to an aromatic ring is 1. The van der Waals surface area contributed by atoms with Gasteiger partial charge in [0.25, 0.3) is 0 Å². The van der Waals surface area contributed by atoms with Crippen molar-refractivity contribution in [2.75, 3.05) is 5.73 Å². The summed E-state index contributed by atoms with van der Waals surface area (Å²) in [6.07, 6.45) is 1.01. The van der Waals surface area contributed by atoms with Gasteiger partial charge in [-0.2, -0.15) is 5.10 Å². The van der Waals surface area contributed by atoms with Gasteiger partial charge in [0.05, 0.1) is 5.69 Å². The Morgan fingerprint density at radius 2 is 2.16 bits per heavy atom. The summed E-state index contributed by atoms with van der Waals surface area (Å²) in [6.45, 7) is 4.25. The van der Waals surface area contributed by atoms with Crippen molar-refractivity contribution in [3.63, 3.8) is 0 Å². The largest absolute Gasteiger partial charge is 0.384 e. The minimum absolute atomic E-state index is 0.676. The topological polar surface area (TPSA) is 59.6 Å². The van der Waals surface area contributed by atoms with Crippen LogP contribution in [0, 0.1) is 6.92 Å². The minimum Gasteiger partial charge on any atom is -0.384 e. The number of rotatable bonds is 2. The molecule has 0 atom stereocenters. The van der Waals surface area contributed by atoms with E-state index in [0.717, 1.165) is 23.4 Å². The number of nitrogens with zero attached hydrogens (tertiary/aromatic N) is 2. The molecule has 0 bridgehead atoms. The van der Waals surface area contributed by atoms with Gasteiger partial charge in [-0.25, -0.2) is 0 Å². The van der Waals surface area contributed by atoms with Crippen LogP contribution >= 0.6 is 0 Å². The third kappa shape index (κ3) is 1.71. The van der Waals surface area contributed by atoms with E-state index in [1.165, 1.54) is 16.5 Å². The number of hydrogen-bond acceptors (Lipinski definition) is 2. The van der Waals surface area contributed by atoms with Crippen molar-refractivity contribution in [3.8, 4) is 11.3 Å². The van der Waals surface area contributed by atoms with Crippen molar-refractivity contribution < 1.29 is 0 Å². The van der Waals surface area contributed by atoms with Gasteiger partial charge in [-0.3, -0.25) is 4.68 Å². The van der Waals surface area contributed by atoms with E-state index >= 15 is 0 Å².